The van der Waals surface area contributed by atoms with Gasteiger partial charge >= 0.3 is 0 Å². The molecule has 0 aliphatic carbocycles. The van der Waals surface area contributed by atoms with Crippen molar-refractivity contribution in [3.8, 4) is 5.75 Å². The minimum absolute atomic E-state index is 0.0371. The van der Waals surface area contributed by atoms with E-state index in [1.165, 1.54) is 0 Å². The predicted molar refractivity (Wildman–Crippen MR) is 125 cm³/mol. The lowest BCUT2D eigenvalue weighted by Crippen LogP contribution is -2.34. The second kappa shape index (κ2) is 9.12. The summed E-state index contributed by atoms with van der Waals surface area (Å²) in [7, 11) is 1.62. The van der Waals surface area contributed by atoms with E-state index in [4.69, 9.17) is 9.72 Å². The zero-order chi connectivity index (χ0) is 22.8. The van der Waals surface area contributed by atoms with E-state index in [0.29, 0.717) is 35.5 Å². The number of carbonyl (C=O) groups excluding carboxylic acids is 1. The third kappa shape index (κ3) is 4.25. The molecule has 1 aromatic heterocycles. The molecule has 7 heteroatoms. The molecular formula is C25H30N4O3. The van der Waals surface area contributed by atoms with Crippen LogP contribution in [0, 0.1) is 0 Å². The van der Waals surface area contributed by atoms with Gasteiger partial charge in [-0.3, -0.25) is 19.1 Å². The van der Waals surface area contributed by atoms with Crippen LogP contribution in [0.2, 0.25) is 0 Å². The summed E-state index contributed by atoms with van der Waals surface area (Å²) in [5, 5.41) is 3.56. The summed E-state index contributed by atoms with van der Waals surface area (Å²) >= 11 is 0. The van der Waals surface area contributed by atoms with Gasteiger partial charge < -0.3 is 10.1 Å². The fourth-order valence-electron chi connectivity index (χ4n) is 4.31. The van der Waals surface area contributed by atoms with E-state index in [2.05, 4.69) is 24.1 Å². The fraction of sp³-hybridized carbons (Fsp3) is 0.400. The molecule has 0 spiro atoms. The molecule has 32 heavy (non-hydrogen) atoms. The van der Waals surface area contributed by atoms with Gasteiger partial charge in [0.15, 0.2) is 0 Å². The Labute approximate surface area is 188 Å². The Morgan fingerprint density at radius 2 is 1.88 bits per heavy atom. The molecule has 1 N–H and O–H groups in total. The number of hydrogen-bond donors (Lipinski definition) is 1. The van der Waals surface area contributed by atoms with Gasteiger partial charge in [0.2, 0.25) is 0 Å². The normalized spacial score (nSPS) is 15.3. The number of benzene rings is 2. The molecule has 0 saturated heterocycles. The number of amides is 1. The second-order valence-corrected chi connectivity index (χ2v) is 8.53. The van der Waals surface area contributed by atoms with Crippen molar-refractivity contribution in [1.82, 2.24) is 19.8 Å². The van der Waals surface area contributed by atoms with Gasteiger partial charge in [0.25, 0.3) is 11.5 Å². The fourth-order valence-corrected chi connectivity index (χ4v) is 4.31. The number of nitrogens with zero attached hydrogens (tertiary/aromatic N) is 3. The summed E-state index contributed by atoms with van der Waals surface area (Å²) in [6, 6.07) is 12.9. The van der Waals surface area contributed by atoms with E-state index >= 15 is 0 Å². The monoisotopic (exact) mass is 434 g/mol. The lowest BCUT2D eigenvalue weighted by atomic mass is 10.1. The molecule has 168 valence electrons. The highest BCUT2D eigenvalue weighted by molar-refractivity contribution is 5.97. The number of ether oxygens (including phenoxy) is 1. The van der Waals surface area contributed by atoms with Gasteiger partial charge in [-0.05, 0) is 45.0 Å². The molecule has 1 amide bonds. The Kier molecular flexibility index (Phi) is 6.28. The standard InChI is InChI=1S/C25H30N4O3/c1-16(2)28-12-11-23-27-21-15-18(9-10-20(21)25(31)29(23)14-13-28)24(30)26-17(3)19-7-5-6-8-22(19)32-4/h5-10,15-17H,11-14H2,1-4H3,(H,26,30)/t17-/m1/s1. The predicted octanol–water partition coefficient (Wildman–Crippen LogP) is 3.16. The molecule has 0 fully saturated rings. The van der Waals surface area contributed by atoms with Crippen molar-refractivity contribution in [2.24, 2.45) is 0 Å². The lowest BCUT2D eigenvalue weighted by Gasteiger charge is -2.23. The van der Waals surface area contributed by atoms with E-state index in [9.17, 15) is 9.59 Å². The molecule has 3 aromatic rings. The highest BCUT2D eigenvalue weighted by atomic mass is 16.5. The van der Waals surface area contributed by atoms with Crippen molar-refractivity contribution in [3.05, 3.63) is 69.8 Å². The first-order valence-electron chi connectivity index (χ1n) is 11.1. The number of aromatic nitrogens is 2. The van der Waals surface area contributed by atoms with Gasteiger partial charge in [-0.1, -0.05) is 18.2 Å². The average Bonchev–Trinajstić information content (AvgIpc) is 3.01. The number of fused-ring (bicyclic) bond motifs is 2. The minimum atomic E-state index is -0.234. The van der Waals surface area contributed by atoms with Gasteiger partial charge in [-0.2, -0.15) is 0 Å². The number of carbonyl (C=O) groups is 1. The van der Waals surface area contributed by atoms with Crippen LogP contribution in [0.15, 0.2) is 47.3 Å². The Hall–Kier alpha value is -3.19. The molecule has 0 unspecified atom stereocenters. The minimum Gasteiger partial charge on any atom is -0.496 e. The molecule has 2 heterocycles. The maximum atomic E-state index is 13.1. The largest absolute Gasteiger partial charge is 0.496 e. The number of para-hydroxylation sites is 1. The first-order chi connectivity index (χ1) is 15.4. The van der Waals surface area contributed by atoms with E-state index < -0.39 is 0 Å². The van der Waals surface area contributed by atoms with Gasteiger partial charge in [0.1, 0.15) is 11.6 Å². The third-order valence-electron chi connectivity index (χ3n) is 6.21. The first kappa shape index (κ1) is 22.0. The molecular weight excluding hydrogens is 404 g/mol. The van der Waals surface area contributed by atoms with Crippen LogP contribution in [0.1, 0.15) is 48.6 Å². The second-order valence-electron chi connectivity index (χ2n) is 8.53. The maximum Gasteiger partial charge on any atom is 0.261 e. The van der Waals surface area contributed by atoms with Crippen LogP contribution in [-0.2, 0) is 13.0 Å². The van der Waals surface area contributed by atoms with Crippen LogP contribution >= 0.6 is 0 Å². The zero-order valence-corrected chi connectivity index (χ0v) is 19.1. The smallest absolute Gasteiger partial charge is 0.261 e. The molecule has 1 aliphatic rings. The molecule has 0 saturated carbocycles. The Bertz CT molecular complexity index is 1200. The van der Waals surface area contributed by atoms with Gasteiger partial charge in [0, 0.05) is 43.2 Å². The van der Waals surface area contributed by atoms with E-state index in [0.717, 1.165) is 30.2 Å². The van der Waals surface area contributed by atoms with Gasteiger partial charge in [-0.25, -0.2) is 4.98 Å². The van der Waals surface area contributed by atoms with Crippen molar-refractivity contribution in [2.45, 2.75) is 45.8 Å². The zero-order valence-electron chi connectivity index (χ0n) is 19.1. The van der Waals surface area contributed by atoms with Crippen LogP contribution < -0.4 is 15.6 Å². The number of methoxy groups -OCH3 is 1. The number of rotatable bonds is 5. The number of nitrogens with one attached hydrogen (secondary N) is 1. The molecule has 1 aliphatic heterocycles. The van der Waals surface area contributed by atoms with Crippen molar-refractivity contribution in [2.75, 3.05) is 20.2 Å². The van der Waals surface area contributed by atoms with E-state index in [1.807, 2.05) is 31.2 Å². The summed E-state index contributed by atoms with van der Waals surface area (Å²) in [4.78, 5) is 33.2. The molecule has 0 radical (unpaired) electrons. The quantitative estimate of drug-likeness (QED) is 0.668. The van der Waals surface area contributed by atoms with Crippen LogP contribution in [0.3, 0.4) is 0 Å². The summed E-state index contributed by atoms with van der Waals surface area (Å²) < 4.78 is 7.19. The third-order valence-corrected chi connectivity index (χ3v) is 6.21. The first-order valence-corrected chi connectivity index (χ1v) is 11.1. The topological polar surface area (TPSA) is 76.5 Å². The molecule has 7 nitrogen and oxygen atoms in total. The van der Waals surface area contributed by atoms with Crippen LogP contribution in [0.25, 0.3) is 10.9 Å². The SMILES string of the molecule is COc1ccccc1[C@@H](C)NC(=O)c1ccc2c(=O)n3c(nc2c1)CCN(C(C)C)CC3. The van der Waals surface area contributed by atoms with Crippen molar-refractivity contribution >= 4 is 16.8 Å². The molecule has 1 atom stereocenters. The molecule has 4 rings (SSSR count). The van der Waals surface area contributed by atoms with Crippen molar-refractivity contribution in [3.63, 3.8) is 0 Å². The summed E-state index contributed by atoms with van der Waals surface area (Å²) in [6.45, 7) is 8.58. The summed E-state index contributed by atoms with van der Waals surface area (Å²) in [6.07, 6.45) is 0.713. The van der Waals surface area contributed by atoms with Crippen LogP contribution in [0.4, 0.5) is 0 Å². The van der Waals surface area contributed by atoms with Gasteiger partial charge in [-0.15, -0.1) is 0 Å². The van der Waals surface area contributed by atoms with Crippen LogP contribution in [0.5, 0.6) is 5.75 Å². The Morgan fingerprint density at radius 1 is 1.09 bits per heavy atom. The van der Waals surface area contributed by atoms with E-state index in [-0.39, 0.29) is 17.5 Å². The van der Waals surface area contributed by atoms with Gasteiger partial charge in [0.05, 0.1) is 24.1 Å². The maximum absolute atomic E-state index is 13.1. The highest BCUT2D eigenvalue weighted by Gasteiger charge is 2.20. The average molecular weight is 435 g/mol. The van der Waals surface area contributed by atoms with Crippen LogP contribution in [-0.4, -0.2) is 46.6 Å². The summed E-state index contributed by atoms with van der Waals surface area (Å²) in [5.41, 5.74) is 1.91. The number of hydrogen-bond acceptors (Lipinski definition) is 5. The Balaban J connectivity index is 1.61. The summed E-state index contributed by atoms with van der Waals surface area (Å²) in [5.74, 6) is 1.30. The van der Waals surface area contributed by atoms with E-state index in [1.54, 1.807) is 29.9 Å². The molecule has 2 aromatic carbocycles. The Morgan fingerprint density at radius 3 is 2.62 bits per heavy atom. The highest BCUT2D eigenvalue weighted by Crippen LogP contribution is 2.25. The lowest BCUT2D eigenvalue weighted by molar-refractivity contribution is 0.0939. The molecule has 0 bridgehead atoms. The van der Waals surface area contributed by atoms with Crippen molar-refractivity contribution < 1.29 is 9.53 Å². The van der Waals surface area contributed by atoms with Crippen molar-refractivity contribution in [1.29, 1.82) is 0 Å².